The summed E-state index contributed by atoms with van der Waals surface area (Å²) in [6.45, 7) is 7.81. The van der Waals surface area contributed by atoms with E-state index in [-0.39, 0.29) is 11.6 Å². The molecule has 0 fully saturated rings. The lowest BCUT2D eigenvalue weighted by Crippen LogP contribution is -1.94. The number of rotatable bonds is 4. The van der Waals surface area contributed by atoms with Crippen molar-refractivity contribution in [2.75, 3.05) is 0 Å². The molecule has 4 aromatic carbocycles. The summed E-state index contributed by atoms with van der Waals surface area (Å²) >= 11 is 0. The van der Waals surface area contributed by atoms with Gasteiger partial charge >= 0.3 is 0 Å². The van der Waals surface area contributed by atoms with E-state index in [2.05, 4.69) is 50.2 Å². The Hall–Kier alpha value is -3.26. The van der Waals surface area contributed by atoms with Crippen molar-refractivity contribution in [2.45, 2.75) is 34.1 Å². The molecule has 156 valence electrons. The molecule has 0 radical (unpaired) electrons. The van der Waals surface area contributed by atoms with Gasteiger partial charge in [-0.3, -0.25) is 0 Å². The maximum absolute atomic E-state index is 13.6. The predicted molar refractivity (Wildman–Crippen MR) is 125 cm³/mol. The highest BCUT2D eigenvalue weighted by molar-refractivity contribution is 5.75. The molecule has 0 aromatic heterocycles. The van der Waals surface area contributed by atoms with Crippen molar-refractivity contribution in [3.8, 4) is 22.3 Å². The van der Waals surface area contributed by atoms with Crippen LogP contribution in [0.2, 0.25) is 0 Å². The van der Waals surface area contributed by atoms with Gasteiger partial charge in [-0.25, -0.2) is 8.78 Å². The molecule has 0 aliphatic carbocycles. The van der Waals surface area contributed by atoms with E-state index in [9.17, 15) is 8.78 Å². The molecule has 0 N–H and O–H groups in total. The molecule has 31 heavy (non-hydrogen) atoms. The second-order valence-corrected chi connectivity index (χ2v) is 8.40. The zero-order valence-corrected chi connectivity index (χ0v) is 18.4. The Kier molecular flexibility index (Phi) is 5.73. The van der Waals surface area contributed by atoms with Crippen LogP contribution in [0, 0.1) is 39.3 Å². The molecule has 0 atom stereocenters. The van der Waals surface area contributed by atoms with Crippen LogP contribution in [0.15, 0.2) is 72.8 Å². The van der Waals surface area contributed by atoms with E-state index in [0.717, 1.165) is 28.7 Å². The summed E-state index contributed by atoms with van der Waals surface area (Å²) in [5.41, 5.74) is 10.5. The lowest BCUT2D eigenvalue weighted by molar-refractivity contribution is 0.617. The molecular formula is C29H26F2. The molecule has 0 saturated carbocycles. The van der Waals surface area contributed by atoms with Crippen LogP contribution in [0.3, 0.4) is 0 Å². The second kappa shape index (κ2) is 8.47. The summed E-state index contributed by atoms with van der Waals surface area (Å²) in [5, 5.41) is 0. The Morgan fingerprint density at radius 2 is 0.903 bits per heavy atom. The standard InChI is InChI=1S/C29H26F2/c1-18-13-22(17-23-6-11-28(30)20(3)14-23)5-9-26(18)24-7-10-27(19(2)15-24)25-8-12-29(31)21(4)16-25/h5-16H,17H2,1-4H3. The summed E-state index contributed by atoms with van der Waals surface area (Å²) < 4.78 is 27.2. The van der Waals surface area contributed by atoms with E-state index in [1.807, 2.05) is 24.3 Å². The van der Waals surface area contributed by atoms with Crippen LogP contribution in [-0.4, -0.2) is 0 Å². The minimum absolute atomic E-state index is 0.162. The van der Waals surface area contributed by atoms with Crippen molar-refractivity contribution in [3.05, 3.63) is 118 Å². The van der Waals surface area contributed by atoms with Crippen molar-refractivity contribution in [2.24, 2.45) is 0 Å². The van der Waals surface area contributed by atoms with Gasteiger partial charge in [0.25, 0.3) is 0 Å². The van der Waals surface area contributed by atoms with Gasteiger partial charge < -0.3 is 0 Å². The smallest absolute Gasteiger partial charge is 0.126 e. The van der Waals surface area contributed by atoms with Crippen LogP contribution in [-0.2, 0) is 6.42 Å². The van der Waals surface area contributed by atoms with E-state index in [1.165, 1.54) is 28.3 Å². The van der Waals surface area contributed by atoms with Gasteiger partial charge in [-0.15, -0.1) is 0 Å². The third-order valence-electron chi connectivity index (χ3n) is 5.93. The molecule has 0 spiro atoms. The zero-order valence-electron chi connectivity index (χ0n) is 18.4. The molecule has 0 unspecified atom stereocenters. The zero-order chi connectivity index (χ0) is 22.1. The average molecular weight is 413 g/mol. The predicted octanol–water partition coefficient (Wildman–Crippen LogP) is 8.12. The van der Waals surface area contributed by atoms with Gasteiger partial charge in [0, 0.05) is 0 Å². The van der Waals surface area contributed by atoms with Gasteiger partial charge in [0.2, 0.25) is 0 Å². The summed E-state index contributed by atoms with van der Waals surface area (Å²) in [6.07, 6.45) is 0.782. The summed E-state index contributed by atoms with van der Waals surface area (Å²) in [7, 11) is 0. The molecule has 0 aliphatic heterocycles. The van der Waals surface area contributed by atoms with E-state index in [0.29, 0.717) is 11.1 Å². The minimum Gasteiger partial charge on any atom is -0.207 e. The molecular weight excluding hydrogens is 386 g/mol. The van der Waals surface area contributed by atoms with Crippen LogP contribution in [0.5, 0.6) is 0 Å². The fourth-order valence-corrected chi connectivity index (χ4v) is 4.18. The van der Waals surface area contributed by atoms with Crippen molar-refractivity contribution >= 4 is 0 Å². The number of aryl methyl sites for hydroxylation is 4. The van der Waals surface area contributed by atoms with Crippen molar-refractivity contribution in [1.82, 2.24) is 0 Å². The van der Waals surface area contributed by atoms with E-state index in [1.54, 1.807) is 19.9 Å². The summed E-state index contributed by atoms with van der Waals surface area (Å²) in [5.74, 6) is -0.338. The maximum Gasteiger partial charge on any atom is 0.126 e. The Morgan fingerprint density at radius 3 is 1.45 bits per heavy atom. The molecule has 0 saturated heterocycles. The molecule has 0 amide bonds. The average Bonchev–Trinajstić information content (AvgIpc) is 2.73. The monoisotopic (exact) mass is 412 g/mol. The van der Waals surface area contributed by atoms with Crippen LogP contribution in [0.1, 0.15) is 33.4 Å². The highest BCUT2D eigenvalue weighted by Gasteiger charge is 2.09. The van der Waals surface area contributed by atoms with Gasteiger partial charge in [-0.05, 0) is 108 Å². The number of benzene rings is 4. The Bertz CT molecular complexity index is 1270. The first kappa shape index (κ1) is 21.0. The highest BCUT2D eigenvalue weighted by Crippen LogP contribution is 2.31. The molecule has 2 heteroatoms. The Morgan fingerprint density at radius 1 is 0.484 bits per heavy atom. The summed E-state index contributed by atoms with van der Waals surface area (Å²) in [4.78, 5) is 0. The minimum atomic E-state index is -0.176. The van der Waals surface area contributed by atoms with E-state index >= 15 is 0 Å². The second-order valence-electron chi connectivity index (χ2n) is 8.40. The largest absolute Gasteiger partial charge is 0.207 e. The third kappa shape index (κ3) is 4.44. The van der Waals surface area contributed by atoms with Crippen LogP contribution in [0.4, 0.5) is 8.78 Å². The third-order valence-corrected chi connectivity index (χ3v) is 5.93. The quantitative estimate of drug-likeness (QED) is 0.317. The number of hydrogen-bond acceptors (Lipinski definition) is 0. The van der Waals surface area contributed by atoms with Crippen molar-refractivity contribution in [3.63, 3.8) is 0 Å². The molecule has 0 nitrogen and oxygen atoms in total. The van der Waals surface area contributed by atoms with Crippen molar-refractivity contribution < 1.29 is 8.78 Å². The lowest BCUT2D eigenvalue weighted by Gasteiger charge is -2.13. The highest BCUT2D eigenvalue weighted by atomic mass is 19.1. The van der Waals surface area contributed by atoms with Gasteiger partial charge in [-0.2, -0.15) is 0 Å². The van der Waals surface area contributed by atoms with Crippen LogP contribution >= 0.6 is 0 Å². The molecule has 0 heterocycles. The topological polar surface area (TPSA) is 0 Å². The SMILES string of the molecule is Cc1cc(Cc2ccc(-c3ccc(-c4ccc(F)c(C)c4)c(C)c3)c(C)c2)ccc1F. The number of hydrogen-bond donors (Lipinski definition) is 0. The first-order valence-corrected chi connectivity index (χ1v) is 10.5. The van der Waals surface area contributed by atoms with Gasteiger partial charge in [0.1, 0.15) is 11.6 Å². The fraction of sp³-hybridized carbons (Fsp3) is 0.172. The first-order chi connectivity index (χ1) is 14.8. The molecule has 0 aliphatic rings. The van der Waals surface area contributed by atoms with E-state index in [4.69, 9.17) is 0 Å². The molecule has 4 rings (SSSR count). The lowest BCUT2D eigenvalue weighted by atomic mass is 9.92. The Balaban J connectivity index is 1.61. The maximum atomic E-state index is 13.6. The molecule has 0 bridgehead atoms. The number of halogens is 2. The molecule has 4 aromatic rings. The van der Waals surface area contributed by atoms with Crippen molar-refractivity contribution in [1.29, 1.82) is 0 Å². The summed E-state index contributed by atoms with van der Waals surface area (Å²) in [6, 6.07) is 23.5. The van der Waals surface area contributed by atoms with Gasteiger partial charge in [-0.1, -0.05) is 54.6 Å². The van der Waals surface area contributed by atoms with E-state index < -0.39 is 0 Å². The van der Waals surface area contributed by atoms with Crippen LogP contribution < -0.4 is 0 Å². The fourth-order valence-electron chi connectivity index (χ4n) is 4.18. The van der Waals surface area contributed by atoms with Gasteiger partial charge in [0.15, 0.2) is 0 Å². The normalized spacial score (nSPS) is 11.0. The first-order valence-electron chi connectivity index (χ1n) is 10.5. The Labute approximate surface area is 183 Å². The van der Waals surface area contributed by atoms with Crippen LogP contribution in [0.25, 0.3) is 22.3 Å². The van der Waals surface area contributed by atoms with Gasteiger partial charge in [0.05, 0.1) is 0 Å².